The van der Waals surface area contributed by atoms with E-state index in [0.29, 0.717) is 42.2 Å². The minimum atomic E-state index is -0.392. The maximum atomic E-state index is 13.8. The molecule has 0 fully saturated rings. The van der Waals surface area contributed by atoms with Crippen LogP contribution in [-0.4, -0.2) is 70.6 Å². The minimum Gasteiger partial charge on any atom is -0.486 e. The van der Waals surface area contributed by atoms with Crippen LogP contribution < -0.4 is 14.8 Å². The van der Waals surface area contributed by atoms with Gasteiger partial charge in [-0.3, -0.25) is 19.5 Å². The van der Waals surface area contributed by atoms with Crippen LogP contribution in [0.5, 0.6) is 17.2 Å². The lowest BCUT2D eigenvalue weighted by atomic mass is 9.98. The number of benzene rings is 3. The highest BCUT2D eigenvalue weighted by molar-refractivity contribution is 6.07. The lowest BCUT2D eigenvalue weighted by Gasteiger charge is -2.38. The topological polar surface area (TPSA) is 104 Å². The van der Waals surface area contributed by atoms with Crippen molar-refractivity contribution in [2.75, 3.05) is 32.1 Å². The fourth-order valence-electron chi connectivity index (χ4n) is 5.27. The normalized spacial score (nSPS) is 17.2. The van der Waals surface area contributed by atoms with Crippen molar-refractivity contribution in [1.29, 1.82) is 0 Å². The van der Waals surface area contributed by atoms with Crippen molar-refractivity contribution in [3.63, 3.8) is 0 Å². The van der Waals surface area contributed by atoms with Gasteiger partial charge in [0.25, 0.3) is 11.8 Å². The van der Waals surface area contributed by atoms with Crippen LogP contribution in [0.1, 0.15) is 40.1 Å². The SMILES string of the molecule is CC(CO)N1C[C@@H](C)[C@H](CN(C)Cc2cccc(Oc3ccccc3)c2)Oc2c(NC(=O)c3ccncc3)cccc2C1=O. The minimum absolute atomic E-state index is 0.0831. The predicted octanol–water partition coefficient (Wildman–Crippen LogP) is 5.48. The highest BCUT2D eigenvalue weighted by atomic mass is 16.5. The van der Waals surface area contributed by atoms with Crippen LogP contribution in [0.15, 0.2) is 97.3 Å². The van der Waals surface area contributed by atoms with Crippen LogP contribution in [0.3, 0.4) is 0 Å². The molecule has 0 saturated carbocycles. The zero-order chi connectivity index (χ0) is 31.1. The molecule has 2 N–H and O–H groups in total. The van der Waals surface area contributed by atoms with Crippen molar-refractivity contribution in [3.8, 4) is 17.2 Å². The number of aliphatic hydroxyl groups excluding tert-OH is 1. The van der Waals surface area contributed by atoms with Crippen LogP contribution in [0, 0.1) is 5.92 Å². The number of aromatic nitrogens is 1. The van der Waals surface area contributed by atoms with Crippen molar-refractivity contribution in [2.45, 2.75) is 32.5 Å². The van der Waals surface area contributed by atoms with Gasteiger partial charge in [-0.15, -0.1) is 0 Å². The van der Waals surface area contributed by atoms with Crippen LogP contribution in [0.4, 0.5) is 5.69 Å². The monoisotopic (exact) mass is 594 g/mol. The van der Waals surface area contributed by atoms with Crippen molar-refractivity contribution in [1.82, 2.24) is 14.8 Å². The zero-order valence-corrected chi connectivity index (χ0v) is 25.2. The Labute approximate surface area is 258 Å². The van der Waals surface area contributed by atoms with Gasteiger partial charge in [0, 0.05) is 43.5 Å². The molecule has 2 heterocycles. The van der Waals surface area contributed by atoms with Gasteiger partial charge in [-0.25, -0.2) is 0 Å². The summed E-state index contributed by atoms with van der Waals surface area (Å²) in [4.78, 5) is 34.7. The van der Waals surface area contributed by atoms with Gasteiger partial charge in [-0.1, -0.05) is 43.3 Å². The van der Waals surface area contributed by atoms with Gasteiger partial charge < -0.3 is 24.8 Å². The number of amides is 2. The Morgan fingerprint density at radius 2 is 1.80 bits per heavy atom. The Bertz CT molecular complexity index is 1570. The first kappa shape index (κ1) is 30.7. The molecule has 5 rings (SSSR count). The van der Waals surface area contributed by atoms with E-state index in [0.717, 1.165) is 17.1 Å². The molecule has 0 bridgehead atoms. The number of ether oxygens (including phenoxy) is 2. The summed E-state index contributed by atoms with van der Waals surface area (Å²) < 4.78 is 12.7. The molecule has 0 spiro atoms. The maximum absolute atomic E-state index is 13.8. The number of carbonyl (C=O) groups is 2. The summed E-state index contributed by atoms with van der Waals surface area (Å²) in [7, 11) is 2.02. The van der Waals surface area contributed by atoms with Gasteiger partial charge in [0.1, 0.15) is 17.6 Å². The Morgan fingerprint density at radius 1 is 1.07 bits per heavy atom. The molecule has 1 aromatic heterocycles. The zero-order valence-electron chi connectivity index (χ0n) is 25.2. The molecule has 44 heavy (non-hydrogen) atoms. The average molecular weight is 595 g/mol. The Hall–Kier alpha value is -4.73. The highest BCUT2D eigenvalue weighted by Crippen LogP contribution is 2.35. The summed E-state index contributed by atoms with van der Waals surface area (Å²) in [6, 6.07) is 25.7. The van der Waals surface area contributed by atoms with Crippen LogP contribution in [-0.2, 0) is 6.54 Å². The summed E-state index contributed by atoms with van der Waals surface area (Å²) >= 11 is 0. The first-order valence-electron chi connectivity index (χ1n) is 14.8. The molecule has 228 valence electrons. The second-order valence-corrected chi connectivity index (χ2v) is 11.3. The number of rotatable bonds is 10. The van der Waals surface area contributed by atoms with E-state index in [1.54, 1.807) is 47.6 Å². The summed E-state index contributed by atoms with van der Waals surface area (Å²) in [5.41, 5.74) is 2.26. The molecular weight excluding hydrogens is 556 g/mol. The molecule has 9 nitrogen and oxygen atoms in total. The number of para-hydroxylation sites is 2. The smallest absolute Gasteiger partial charge is 0.258 e. The molecule has 9 heteroatoms. The van der Waals surface area contributed by atoms with Crippen molar-refractivity contribution < 1.29 is 24.2 Å². The number of nitrogens with one attached hydrogen (secondary N) is 1. The van der Waals surface area contributed by atoms with Crippen molar-refractivity contribution >= 4 is 17.5 Å². The van der Waals surface area contributed by atoms with Gasteiger partial charge in [-0.2, -0.15) is 0 Å². The van der Waals surface area contributed by atoms with Gasteiger partial charge in [0.2, 0.25) is 0 Å². The number of hydrogen-bond donors (Lipinski definition) is 2. The summed E-state index contributed by atoms with van der Waals surface area (Å²) in [6.07, 6.45) is 2.77. The third kappa shape index (κ3) is 7.42. The Kier molecular flexibility index (Phi) is 9.89. The number of likely N-dealkylation sites (N-methyl/N-ethyl adjacent to an activating group) is 1. The number of pyridine rings is 1. The Balaban J connectivity index is 1.39. The fourth-order valence-corrected chi connectivity index (χ4v) is 5.27. The Morgan fingerprint density at radius 3 is 2.55 bits per heavy atom. The molecule has 0 aliphatic carbocycles. The van der Waals surface area contributed by atoms with Gasteiger partial charge in [0.05, 0.1) is 23.9 Å². The molecule has 1 unspecified atom stereocenters. The first-order chi connectivity index (χ1) is 21.3. The number of aliphatic hydroxyl groups is 1. The number of carbonyl (C=O) groups excluding carboxylic acids is 2. The number of fused-ring (bicyclic) bond motifs is 1. The summed E-state index contributed by atoms with van der Waals surface area (Å²) in [6.45, 7) is 5.30. The largest absolute Gasteiger partial charge is 0.486 e. The molecule has 4 aromatic rings. The van der Waals surface area contributed by atoms with Gasteiger partial charge in [-0.05, 0) is 68.1 Å². The quantitative estimate of drug-likeness (QED) is 0.251. The molecule has 0 radical (unpaired) electrons. The maximum Gasteiger partial charge on any atom is 0.258 e. The van der Waals surface area contributed by atoms with Crippen molar-refractivity contribution in [2.24, 2.45) is 5.92 Å². The lowest BCUT2D eigenvalue weighted by Crippen LogP contribution is -2.49. The van der Waals surface area contributed by atoms with Crippen LogP contribution in [0.2, 0.25) is 0 Å². The third-order valence-corrected chi connectivity index (χ3v) is 7.70. The number of anilines is 1. The van der Waals surface area contributed by atoms with Gasteiger partial charge in [0.15, 0.2) is 5.75 Å². The third-order valence-electron chi connectivity index (χ3n) is 7.70. The first-order valence-corrected chi connectivity index (χ1v) is 14.8. The van der Waals surface area contributed by atoms with E-state index in [9.17, 15) is 14.7 Å². The van der Waals surface area contributed by atoms with E-state index in [2.05, 4.69) is 21.3 Å². The van der Waals surface area contributed by atoms with Crippen LogP contribution in [0.25, 0.3) is 0 Å². The highest BCUT2D eigenvalue weighted by Gasteiger charge is 2.34. The van der Waals surface area contributed by atoms with E-state index in [1.807, 2.05) is 69.4 Å². The number of hydrogen-bond acceptors (Lipinski definition) is 7. The molecule has 1 aliphatic heterocycles. The van der Waals surface area contributed by atoms with Crippen LogP contribution >= 0.6 is 0 Å². The van der Waals surface area contributed by atoms with E-state index < -0.39 is 6.04 Å². The molecule has 0 saturated heterocycles. The van der Waals surface area contributed by atoms with E-state index in [4.69, 9.17) is 9.47 Å². The van der Waals surface area contributed by atoms with E-state index in [-0.39, 0.29) is 30.4 Å². The fraction of sp³-hybridized carbons (Fsp3) is 0.286. The van der Waals surface area contributed by atoms with Crippen molar-refractivity contribution in [3.05, 3.63) is 114 Å². The molecule has 2 amide bonds. The standard InChI is InChI=1S/C35H38N4O5/c1-24-20-39(25(2)23-40)35(42)30-13-8-14-31(37-34(41)27-15-17-36-18-16-27)33(30)44-32(24)22-38(3)21-26-9-7-12-29(19-26)43-28-10-5-4-6-11-28/h4-19,24-25,32,40H,20-23H2,1-3H3,(H,37,41)/t24-,25?,32+/m1/s1. The number of nitrogens with zero attached hydrogens (tertiary/aromatic N) is 3. The molecular formula is C35H38N4O5. The predicted molar refractivity (Wildman–Crippen MR) is 169 cm³/mol. The lowest BCUT2D eigenvalue weighted by molar-refractivity contribution is 0.0343. The second-order valence-electron chi connectivity index (χ2n) is 11.3. The molecule has 1 aliphatic rings. The second kappa shape index (κ2) is 14.2. The van der Waals surface area contributed by atoms with Gasteiger partial charge >= 0.3 is 0 Å². The summed E-state index contributed by atoms with van der Waals surface area (Å²) in [5.74, 6) is 1.18. The van der Waals surface area contributed by atoms with E-state index >= 15 is 0 Å². The molecule has 3 atom stereocenters. The van der Waals surface area contributed by atoms with E-state index in [1.165, 1.54) is 0 Å². The molecule has 3 aromatic carbocycles. The summed E-state index contributed by atoms with van der Waals surface area (Å²) in [5, 5.41) is 12.9. The average Bonchev–Trinajstić information content (AvgIpc) is 3.03.